The van der Waals surface area contributed by atoms with Gasteiger partial charge in [-0.05, 0) is 39.2 Å². The Bertz CT molecular complexity index is 303. The molecule has 1 saturated carbocycles. The summed E-state index contributed by atoms with van der Waals surface area (Å²) >= 11 is 0. The van der Waals surface area contributed by atoms with Crippen LogP contribution in [0.25, 0.3) is 0 Å². The zero-order valence-corrected chi connectivity index (χ0v) is 12.2. The Morgan fingerprint density at radius 2 is 2.21 bits per heavy atom. The Hall–Kier alpha value is -0.650. The average molecular weight is 269 g/mol. The smallest absolute Gasteiger partial charge is 0.234 e. The molecule has 2 fully saturated rings. The molecule has 2 N–H and O–H groups in total. The predicted molar refractivity (Wildman–Crippen MR) is 75.1 cm³/mol. The van der Waals surface area contributed by atoms with E-state index in [4.69, 9.17) is 4.74 Å². The second kappa shape index (κ2) is 6.68. The lowest BCUT2D eigenvalue weighted by atomic mass is 10.1. The number of carbonyl (C=O) groups is 1. The van der Waals surface area contributed by atoms with Crippen molar-refractivity contribution < 1.29 is 9.53 Å². The van der Waals surface area contributed by atoms with Gasteiger partial charge in [-0.1, -0.05) is 0 Å². The summed E-state index contributed by atoms with van der Waals surface area (Å²) in [6.07, 6.45) is 2.64. The van der Waals surface area contributed by atoms with Crippen LogP contribution >= 0.6 is 0 Å². The number of carbonyl (C=O) groups excluding carboxylic acids is 1. The molecule has 5 nitrogen and oxygen atoms in total. The van der Waals surface area contributed by atoms with Gasteiger partial charge in [0.2, 0.25) is 5.91 Å². The molecule has 0 spiro atoms. The van der Waals surface area contributed by atoms with Crippen molar-refractivity contribution in [1.82, 2.24) is 15.5 Å². The molecule has 5 heteroatoms. The summed E-state index contributed by atoms with van der Waals surface area (Å²) in [6.45, 7) is 9.96. The van der Waals surface area contributed by atoms with Crippen LogP contribution in [-0.2, 0) is 9.53 Å². The highest BCUT2D eigenvalue weighted by atomic mass is 16.5. The maximum absolute atomic E-state index is 11.6. The van der Waals surface area contributed by atoms with Gasteiger partial charge < -0.3 is 15.4 Å². The van der Waals surface area contributed by atoms with Crippen LogP contribution in [0.15, 0.2) is 0 Å². The maximum Gasteiger partial charge on any atom is 0.234 e. The summed E-state index contributed by atoms with van der Waals surface area (Å²) in [7, 11) is 0. The number of hydrogen-bond donors (Lipinski definition) is 2. The van der Waals surface area contributed by atoms with E-state index in [1.165, 1.54) is 12.8 Å². The predicted octanol–water partition coefficient (Wildman–Crippen LogP) is 0.213. The standard InChI is InChI=1S/C14H27N3O2/c1-14(2)11-17(7-8-19-14)6-5-16-13(18)10-15-9-12-3-4-12/h12,15H,3-11H2,1-2H3,(H,16,18). The first-order valence-electron chi connectivity index (χ1n) is 7.39. The fourth-order valence-corrected chi connectivity index (χ4v) is 2.43. The SMILES string of the molecule is CC1(C)CN(CCNC(=O)CNCC2CC2)CCO1. The zero-order valence-electron chi connectivity index (χ0n) is 12.2. The summed E-state index contributed by atoms with van der Waals surface area (Å²) in [5.74, 6) is 0.927. The van der Waals surface area contributed by atoms with E-state index < -0.39 is 0 Å². The van der Waals surface area contributed by atoms with Crippen molar-refractivity contribution in [3.63, 3.8) is 0 Å². The van der Waals surface area contributed by atoms with E-state index in [-0.39, 0.29) is 11.5 Å². The summed E-state index contributed by atoms with van der Waals surface area (Å²) in [5.41, 5.74) is -0.0614. The largest absolute Gasteiger partial charge is 0.373 e. The van der Waals surface area contributed by atoms with Crippen LogP contribution in [0.3, 0.4) is 0 Å². The molecule has 2 aliphatic rings. The summed E-state index contributed by atoms with van der Waals surface area (Å²) < 4.78 is 5.67. The Balaban J connectivity index is 1.51. The summed E-state index contributed by atoms with van der Waals surface area (Å²) in [5, 5.41) is 6.17. The van der Waals surface area contributed by atoms with Crippen molar-refractivity contribution in [3.05, 3.63) is 0 Å². The van der Waals surface area contributed by atoms with E-state index in [1.54, 1.807) is 0 Å². The Morgan fingerprint density at radius 3 is 2.89 bits per heavy atom. The Morgan fingerprint density at radius 1 is 1.42 bits per heavy atom. The van der Waals surface area contributed by atoms with Crippen LogP contribution in [0.5, 0.6) is 0 Å². The van der Waals surface area contributed by atoms with Crippen molar-refractivity contribution in [1.29, 1.82) is 0 Å². The van der Waals surface area contributed by atoms with Gasteiger partial charge in [0.05, 0.1) is 18.8 Å². The number of nitrogens with zero attached hydrogens (tertiary/aromatic N) is 1. The minimum Gasteiger partial charge on any atom is -0.373 e. The normalized spacial score (nSPS) is 23.3. The number of morpholine rings is 1. The van der Waals surface area contributed by atoms with Crippen LogP contribution in [0.4, 0.5) is 0 Å². The third-order valence-electron chi connectivity index (χ3n) is 3.67. The van der Waals surface area contributed by atoms with Crippen molar-refractivity contribution in [2.75, 3.05) is 45.9 Å². The van der Waals surface area contributed by atoms with Crippen LogP contribution < -0.4 is 10.6 Å². The molecule has 1 heterocycles. The second-order valence-electron chi connectivity index (χ2n) is 6.31. The molecule has 1 aliphatic carbocycles. The second-order valence-corrected chi connectivity index (χ2v) is 6.31. The summed E-state index contributed by atoms with van der Waals surface area (Å²) in [6, 6.07) is 0. The van der Waals surface area contributed by atoms with Crippen molar-refractivity contribution in [2.24, 2.45) is 5.92 Å². The van der Waals surface area contributed by atoms with Gasteiger partial charge in [0, 0.05) is 26.2 Å². The van der Waals surface area contributed by atoms with Gasteiger partial charge in [-0.3, -0.25) is 9.69 Å². The molecule has 0 radical (unpaired) electrons. The topological polar surface area (TPSA) is 53.6 Å². The lowest BCUT2D eigenvalue weighted by Gasteiger charge is -2.38. The van der Waals surface area contributed by atoms with Crippen molar-refractivity contribution in [2.45, 2.75) is 32.3 Å². The molecule has 0 bridgehead atoms. The molecule has 0 unspecified atom stereocenters. The summed E-state index contributed by atoms with van der Waals surface area (Å²) in [4.78, 5) is 13.9. The molecule has 0 aromatic rings. The maximum atomic E-state index is 11.6. The lowest BCUT2D eigenvalue weighted by molar-refractivity contribution is -0.120. The monoisotopic (exact) mass is 269 g/mol. The first kappa shape index (κ1) is 14.8. The molecule has 1 amide bonds. The van der Waals surface area contributed by atoms with Gasteiger partial charge in [-0.25, -0.2) is 0 Å². The van der Waals surface area contributed by atoms with Crippen LogP contribution in [0.2, 0.25) is 0 Å². The van der Waals surface area contributed by atoms with E-state index in [1.807, 2.05) is 0 Å². The Kier molecular flexibility index (Phi) is 5.19. The molecule has 0 atom stereocenters. The quantitative estimate of drug-likeness (QED) is 0.694. The van der Waals surface area contributed by atoms with E-state index in [0.29, 0.717) is 6.54 Å². The number of nitrogens with one attached hydrogen (secondary N) is 2. The van der Waals surface area contributed by atoms with Gasteiger partial charge in [-0.2, -0.15) is 0 Å². The molecular formula is C14H27N3O2. The minimum atomic E-state index is -0.0614. The van der Waals surface area contributed by atoms with Gasteiger partial charge in [0.25, 0.3) is 0 Å². The zero-order chi connectivity index (χ0) is 13.7. The van der Waals surface area contributed by atoms with Gasteiger partial charge >= 0.3 is 0 Å². The Labute approximate surface area is 116 Å². The first-order chi connectivity index (χ1) is 9.05. The van der Waals surface area contributed by atoms with Crippen LogP contribution in [-0.4, -0.2) is 62.3 Å². The number of ether oxygens (including phenoxy) is 1. The van der Waals surface area contributed by atoms with Crippen molar-refractivity contribution >= 4 is 5.91 Å². The fourth-order valence-electron chi connectivity index (χ4n) is 2.43. The minimum absolute atomic E-state index is 0.0614. The third-order valence-corrected chi connectivity index (χ3v) is 3.67. The highest BCUT2D eigenvalue weighted by molar-refractivity contribution is 5.77. The molecule has 0 aromatic heterocycles. The number of amides is 1. The molecular weight excluding hydrogens is 242 g/mol. The first-order valence-corrected chi connectivity index (χ1v) is 7.39. The van der Waals surface area contributed by atoms with Crippen LogP contribution in [0, 0.1) is 5.92 Å². The molecule has 2 rings (SSSR count). The fraction of sp³-hybridized carbons (Fsp3) is 0.929. The van der Waals surface area contributed by atoms with Gasteiger partial charge in [0.1, 0.15) is 0 Å². The average Bonchev–Trinajstić information content (AvgIpc) is 3.12. The molecule has 19 heavy (non-hydrogen) atoms. The van der Waals surface area contributed by atoms with Gasteiger partial charge in [-0.15, -0.1) is 0 Å². The molecule has 1 aliphatic heterocycles. The highest BCUT2D eigenvalue weighted by Gasteiger charge is 2.26. The molecule has 0 aromatic carbocycles. The third kappa shape index (κ3) is 5.89. The van der Waals surface area contributed by atoms with Crippen molar-refractivity contribution in [3.8, 4) is 0 Å². The molecule has 1 saturated heterocycles. The van der Waals surface area contributed by atoms with Gasteiger partial charge in [0.15, 0.2) is 0 Å². The van der Waals surface area contributed by atoms with E-state index in [0.717, 1.165) is 45.2 Å². The number of rotatable bonds is 7. The molecule has 110 valence electrons. The van der Waals surface area contributed by atoms with E-state index in [9.17, 15) is 4.79 Å². The lowest BCUT2D eigenvalue weighted by Crippen LogP contribution is -2.50. The van der Waals surface area contributed by atoms with E-state index >= 15 is 0 Å². The highest BCUT2D eigenvalue weighted by Crippen LogP contribution is 2.27. The van der Waals surface area contributed by atoms with Crippen LogP contribution in [0.1, 0.15) is 26.7 Å². The van der Waals surface area contributed by atoms with E-state index in [2.05, 4.69) is 29.4 Å². The number of hydrogen-bond acceptors (Lipinski definition) is 4.